The first-order valence-corrected chi connectivity index (χ1v) is 13.8. The molecule has 2 aromatic rings. The van der Waals surface area contributed by atoms with Crippen LogP contribution in [0.2, 0.25) is 0 Å². The highest BCUT2D eigenvalue weighted by molar-refractivity contribution is 7.69. The van der Waals surface area contributed by atoms with Gasteiger partial charge in [-0.05, 0) is 57.2 Å². The van der Waals surface area contributed by atoms with Crippen LogP contribution >= 0.6 is 0 Å². The van der Waals surface area contributed by atoms with E-state index in [1.807, 2.05) is 60.7 Å². The summed E-state index contributed by atoms with van der Waals surface area (Å²) in [6, 6.07) is 18.3. The molecule has 0 bridgehead atoms. The van der Waals surface area contributed by atoms with Gasteiger partial charge in [0.1, 0.15) is 6.04 Å². The fraction of sp³-hybridized carbons (Fsp3) is 0.481. The molecule has 196 valence electrons. The number of likely N-dealkylation sites (tertiary alicyclic amines) is 1. The summed E-state index contributed by atoms with van der Waals surface area (Å²) >= 11 is 0. The van der Waals surface area contributed by atoms with E-state index in [0.29, 0.717) is 32.4 Å². The van der Waals surface area contributed by atoms with Gasteiger partial charge < -0.3 is 15.5 Å². The van der Waals surface area contributed by atoms with Gasteiger partial charge in [-0.2, -0.15) is 0 Å². The van der Waals surface area contributed by atoms with Crippen molar-refractivity contribution in [1.82, 2.24) is 19.8 Å². The smallest absolute Gasteiger partial charge is 0.245 e. The Morgan fingerprint density at radius 2 is 1.64 bits per heavy atom. The van der Waals surface area contributed by atoms with Gasteiger partial charge in [-0.3, -0.25) is 9.59 Å². The van der Waals surface area contributed by atoms with E-state index >= 15 is 0 Å². The van der Waals surface area contributed by atoms with Crippen molar-refractivity contribution < 1.29 is 18.0 Å². The average molecular weight is 515 g/mol. The van der Waals surface area contributed by atoms with Crippen LogP contribution in [-0.2, 0) is 33.3 Å². The van der Waals surface area contributed by atoms with Gasteiger partial charge >= 0.3 is 0 Å². The Kier molecular flexibility index (Phi) is 10.9. The standard InChI is InChI=1S/C27H38N4O4S/c1-21(28-2)26(32)29-25(16-15-22-10-5-3-6-11-22)27(33)31-18-9-14-24(31)20-30(36(34)35)19-17-23-12-7-4-8-13-23/h3-8,10-13,21,24-25,28,36H,9,14-20H2,1-2H3,(H,29,32)/t21-,24-,25-/m0/s1. The summed E-state index contributed by atoms with van der Waals surface area (Å²) < 4.78 is 25.5. The molecule has 8 nitrogen and oxygen atoms in total. The minimum Gasteiger partial charge on any atom is -0.343 e. The van der Waals surface area contributed by atoms with E-state index in [1.165, 1.54) is 4.31 Å². The molecule has 2 N–H and O–H groups in total. The second kappa shape index (κ2) is 14.1. The highest BCUT2D eigenvalue weighted by Gasteiger charge is 2.35. The average Bonchev–Trinajstić information content (AvgIpc) is 3.37. The molecule has 36 heavy (non-hydrogen) atoms. The van der Waals surface area contributed by atoms with Gasteiger partial charge in [-0.15, -0.1) is 0 Å². The molecule has 1 aliphatic heterocycles. The van der Waals surface area contributed by atoms with E-state index in [4.69, 9.17) is 0 Å². The number of thiol groups is 1. The summed E-state index contributed by atoms with van der Waals surface area (Å²) in [6.07, 6.45) is 3.29. The molecule has 0 spiro atoms. The Balaban J connectivity index is 1.69. The molecular weight excluding hydrogens is 476 g/mol. The predicted octanol–water partition coefficient (Wildman–Crippen LogP) is 1.77. The number of carbonyl (C=O) groups is 2. The largest absolute Gasteiger partial charge is 0.343 e. The van der Waals surface area contributed by atoms with Crippen molar-refractivity contribution >= 4 is 22.7 Å². The normalized spacial score (nSPS) is 17.3. The Labute approximate surface area is 216 Å². The van der Waals surface area contributed by atoms with Gasteiger partial charge in [0.25, 0.3) is 0 Å². The zero-order valence-corrected chi connectivity index (χ0v) is 22.0. The molecule has 2 aromatic carbocycles. The maximum absolute atomic E-state index is 13.7. The monoisotopic (exact) mass is 514 g/mol. The van der Waals surface area contributed by atoms with Crippen LogP contribution in [0.15, 0.2) is 60.7 Å². The lowest BCUT2D eigenvalue weighted by Crippen LogP contribution is -2.54. The van der Waals surface area contributed by atoms with Gasteiger partial charge in [0.2, 0.25) is 22.7 Å². The van der Waals surface area contributed by atoms with E-state index < -0.39 is 23.0 Å². The van der Waals surface area contributed by atoms with E-state index in [-0.39, 0.29) is 24.4 Å². The second-order valence-electron chi connectivity index (χ2n) is 9.31. The number of hydrogen-bond donors (Lipinski definition) is 3. The number of amides is 2. The summed E-state index contributed by atoms with van der Waals surface area (Å²) in [4.78, 5) is 28.1. The van der Waals surface area contributed by atoms with Crippen molar-refractivity contribution in [3.05, 3.63) is 71.8 Å². The lowest BCUT2D eigenvalue weighted by molar-refractivity contribution is -0.137. The first-order valence-electron chi connectivity index (χ1n) is 12.6. The molecular formula is C27H38N4O4S. The molecule has 1 aliphatic rings. The molecule has 2 amide bonds. The number of carbonyl (C=O) groups excluding carboxylic acids is 2. The quantitative estimate of drug-likeness (QED) is 0.354. The minimum absolute atomic E-state index is 0.144. The number of nitrogens with one attached hydrogen (secondary N) is 2. The van der Waals surface area contributed by atoms with Crippen molar-refractivity contribution in [3.8, 4) is 0 Å². The number of hydrogen-bond acceptors (Lipinski definition) is 5. The zero-order chi connectivity index (χ0) is 25.9. The topological polar surface area (TPSA) is 98.8 Å². The van der Waals surface area contributed by atoms with Crippen LogP contribution in [0, 0.1) is 0 Å². The third kappa shape index (κ3) is 8.15. The van der Waals surface area contributed by atoms with Crippen LogP contribution < -0.4 is 10.6 Å². The number of nitrogens with zero attached hydrogens (tertiary/aromatic N) is 2. The predicted molar refractivity (Wildman–Crippen MR) is 142 cm³/mol. The van der Waals surface area contributed by atoms with E-state index in [0.717, 1.165) is 24.0 Å². The second-order valence-corrected chi connectivity index (χ2v) is 10.4. The van der Waals surface area contributed by atoms with Crippen molar-refractivity contribution in [2.45, 2.75) is 57.2 Å². The van der Waals surface area contributed by atoms with Crippen molar-refractivity contribution in [1.29, 1.82) is 0 Å². The summed E-state index contributed by atoms with van der Waals surface area (Å²) in [7, 11) is -1.07. The lowest BCUT2D eigenvalue weighted by atomic mass is 10.0. The van der Waals surface area contributed by atoms with E-state index in [9.17, 15) is 18.0 Å². The fourth-order valence-electron chi connectivity index (χ4n) is 4.54. The molecule has 0 aromatic heterocycles. The number of benzene rings is 2. The molecule has 0 radical (unpaired) electrons. The molecule has 0 aliphatic carbocycles. The third-order valence-electron chi connectivity index (χ3n) is 6.82. The number of aryl methyl sites for hydroxylation is 1. The minimum atomic E-state index is -2.77. The van der Waals surface area contributed by atoms with Crippen LogP contribution in [0.3, 0.4) is 0 Å². The molecule has 0 saturated carbocycles. The van der Waals surface area contributed by atoms with Crippen LogP contribution in [0.25, 0.3) is 0 Å². The van der Waals surface area contributed by atoms with Crippen molar-refractivity contribution in [3.63, 3.8) is 0 Å². The molecule has 9 heteroatoms. The summed E-state index contributed by atoms with van der Waals surface area (Å²) in [5, 5.41) is 5.85. The van der Waals surface area contributed by atoms with Gasteiger partial charge in [-0.1, -0.05) is 60.7 Å². The summed E-state index contributed by atoms with van der Waals surface area (Å²) in [5.41, 5.74) is 2.17. The van der Waals surface area contributed by atoms with E-state index in [2.05, 4.69) is 10.6 Å². The first kappa shape index (κ1) is 27.8. The highest BCUT2D eigenvalue weighted by Crippen LogP contribution is 2.21. The lowest BCUT2D eigenvalue weighted by Gasteiger charge is -2.31. The van der Waals surface area contributed by atoms with Crippen molar-refractivity contribution in [2.75, 3.05) is 26.7 Å². The van der Waals surface area contributed by atoms with Gasteiger partial charge in [0.05, 0.1) is 6.04 Å². The maximum atomic E-state index is 13.7. The number of rotatable bonds is 13. The van der Waals surface area contributed by atoms with Crippen molar-refractivity contribution in [2.24, 2.45) is 0 Å². The molecule has 1 heterocycles. The zero-order valence-electron chi connectivity index (χ0n) is 21.1. The van der Waals surface area contributed by atoms with E-state index in [1.54, 1.807) is 18.9 Å². The van der Waals surface area contributed by atoms with Gasteiger partial charge in [0, 0.05) is 25.7 Å². The van der Waals surface area contributed by atoms with Gasteiger partial charge in [0.15, 0.2) is 0 Å². The first-order chi connectivity index (χ1) is 17.4. The van der Waals surface area contributed by atoms with Crippen LogP contribution in [0.4, 0.5) is 0 Å². The molecule has 1 fully saturated rings. The van der Waals surface area contributed by atoms with Crippen LogP contribution in [-0.4, -0.2) is 74.2 Å². The molecule has 3 atom stereocenters. The Morgan fingerprint density at radius 1 is 1.03 bits per heavy atom. The molecule has 3 rings (SSSR count). The summed E-state index contributed by atoms with van der Waals surface area (Å²) in [6.45, 7) is 2.95. The Morgan fingerprint density at radius 3 is 2.22 bits per heavy atom. The summed E-state index contributed by atoms with van der Waals surface area (Å²) in [5.74, 6) is -0.374. The Hall–Kier alpha value is -2.75. The van der Waals surface area contributed by atoms with Crippen LogP contribution in [0.1, 0.15) is 37.3 Å². The number of likely N-dealkylation sites (N-methyl/N-ethyl adjacent to an activating group) is 1. The van der Waals surface area contributed by atoms with Crippen LogP contribution in [0.5, 0.6) is 0 Å². The SMILES string of the molecule is CN[C@@H](C)C(=O)N[C@@H](CCc1ccccc1)C(=O)N1CCC[C@H]1CN(CCc1ccccc1)[SH](=O)=O. The van der Waals surface area contributed by atoms with Gasteiger partial charge in [-0.25, -0.2) is 12.7 Å². The fourth-order valence-corrected chi connectivity index (χ4v) is 5.13. The Bertz CT molecular complexity index is 1040. The highest BCUT2D eigenvalue weighted by atomic mass is 32.2. The third-order valence-corrected chi connectivity index (χ3v) is 7.64. The maximum Gasteiger partial charge on any atom is 0.245 e. The molecule has 1 saturated heterocycles. The molecule has 0 unspecified atom stereocenters.